The molecule has 0 radical (unpaired) electrons. The molecular weight excluding hydrogens is 294 g/mol. The topological polar surface area (TPSA) is 55.8 Å². The number of rotatable bonds is 4. The first kappa shape index (κ1) is 17.6. The molecule has 2 aliphatic heterocycles. The van der Waals surface area contributed by atoms with E-state index >= 15 is 0 Å². The van der Waals surface area contributed by atoms with Gasteiger partial charge in [0.15, 0.2) is 5.54 Å². The number of hydrogen-bond acceptors (Lipinski definition) is 5. The van der Waals surface area contributed by atoms with Gasteiger partial charge >= 0.3 is 11.9 Å². The van der Waals surface area contributed by atoms with E-state index in [-0.39, 0.29) is 24.1 Å². The fraction of sp³-hybridized carbons (Fsp3) is 0.667. The van der Waals surface area contributed by atoms with Gasteiger partial charge in [-0.25, -0.2) is 9.59 Å². The molecule has 2 rings (SSSR count). The maximum Gasteiger partial charge on any atom is 0.339 e. The van der Waals surface area contributed by atoms with E-state index in [4.69, 9.17) is 9.47 Å². The molecule has 1 saturated heterocycles. The van der Waals surface area contributed by atoms with Crippen LogP contribution < -0.4 is 0 Å². The maximum absolute atomic E-state index is 12.7. The number of nitrogens with zero attached hydrogens (tertiary/aromatic N) is 1. The predicted octanol–water partition coefficient (Wildman–Crippen LogP) is 2.96. The molecule has 0 aromatic carbocycles. The van der Waals surface area contributed by atoms with Gasteiger partial charge in [-0.3, -0.25) is 0 Å². The van der Waals surface area contributed by atoms with E-state index in [1.54, 1.807) is 12.3 Å². The summed E-state index contributed by atoms with van der Waals surface area (Å²) in [5.74, 6) is -0.593. The number of carbonyl (C=O) groups excluding carboxylic acids is 2. The fourth-order valence-electron chi connectivity index (χ4n) is 3.00. The van der Waals surface area contributed by atoms with Gasteiger partial charge in [-0.05, 0) is 52.7 Å². The minimum absolute atomic E-state index is 0.160. The van der Waals surface area contributed by atoms with Gasteiger partial charge in [-0.15, -0.1) is 0 Å². The smallest absolute Gasteiger partial charge is 0.339 e. The van der Waals surface area contributed by atoms with E-state index < -0.39 is 5.54 Å². The molecule has 0 unspecified atom stereocenters. The van der Waals surface area contributed by atoms with Crippen LogP contribution >= 0.6 is 0 Å². The van der Waals surface area contributed by atoms with Crippen LogP contribution in [0.4, 0.5) is 0 Å². The number of ether oxygens (including phenoxy) is 2. The van der Waals surface area contributed by atoms with Crippen molar-refractivity contribution < 1.29 is 19.1 Å². The van der Waals surface area contributed by atoms with Crippen molar-refractivity contribution in [2.24, 2.45) is 0 Å². The summed E-state index contributed by atoms with van der Waals surface area (Å²) >= 11 is 0. The molecule has 0 saturated carbocycles. The van der Waals surface area contributed by atoms with Crippen molar-refractivity contribution >= 4 is 11.9 Å². The lowest BCUT2D eigenvalue weighted by Gasteiger charge is -2.40. The highest BCUT2D eigenvalue weighted by Gasteiger charge is 2.45. The first-order valence-corrected chi connectivity index (χ1v) is 8.45. The molecule has 2 aliphatic rings. The highest BCUT2D eigenvalue weighted by Crippen LogP contribution is 2.34. The minimum atomic E-state index is -0.789. The van der Waals surface area contributed by atoms with Gasteiger partial charge in [0.2, 0.25) is 0 Å². The predicted molar refractivity (Wildman–Crippen MR) is 87.6 cm³/mol. The van der Waals surface area contributed by atoms with Gasteiger partial charge in [0.25, 0.3) is 0 Å². The number of hydrogen-bond donors (Lipinski definition) is 0. The zero-order chi connectivity index (χ0) is 17.0. The minimum Gasteiger partial charge on any atom is -0.461 e. The monoisotopic (exact) mass is 321 g/mol. The third-order valence-corrected chi connectivity index (χ3v) is 4.08. The van der Waals surface area contributed by atoms with E-state index in [0.717, 1.165) is 25.8 Å². The molecule has 0 spiro atoms. The molecule has 0 aromatic heterocycles. The van der Waals surface area contributed by atoms with Crippen LogP contribution in [0.1, 0.15) is 53.4 Å². The molecule has 5 heteroatoms. The average molecular weight is 321 g/mol. The van der Waals surface area contributed by atoms with Crippen molar-refractivity contribution in [3.63, 3.8) is 0 Å². The van der Waals surface area contributed by atoms with Crippen LogP contribution in [0.2, 0.25) is 0 Å². The van der Waals surface area contributed by atoms with Gasteiger partial charge in [0.05, 0.1) is 17.8 Å². The van der Waals surface area contributed by atoms with Crippen LogP contribution in [0.15, 0.2) is 23.9 Å². The van der Waals surface area contributed by atoms with Crippen LogP contribution in [-0.2, 0) is 19.1 Å². The standard InChI is InChI=1S/C18H27NO4/c1-13(2)22-16(20)15-8-10-18(17(21)23-14(3)4)9-6-5-7-11-19(18)12-15/h8,10,12-14H,5-7,9,11H2,1-4H3/t18-/m1/s1. The SMILES string of the molecule is CC(C)OC(=O)C1=CN2CCCCC[C@]2(C(=O)OC(C)C)C=C1. The molecular formula is C18H27NO4. The lowest BCUT2D eigenvalue weighted by atomic mass is 9.88. The third kappa shape index (κ3) is 3.95. The molecule has 23 heavy (non-hydrogen) atoms. The van der Waals surface area contributed by atoms with Gasteiger partial charge < -0.3 is 14.4 Å². The van der Waals surface area contributed by atoms with Gasteiger partial charge in [-0.2, -0.15) is 0 Å². The fourth-order valence-corrected chi connectivity index (χ4v) is 3.00. The second-order valence-corrected chi connectivity index (χ2v) is 6.75. The number of fused-ring (bicyclic) bond motifs is 1. The van der Waals surface area contributed by atoms with E-state index in [2.05, 4.69) is 0 Å². The van der Waals surface area contributed by atoms with Crippen molar-refractivity contribution in [2.75, 3.05) is 6.54 Å². The van der Waals surface area contributed by atoms with Gasteiger partial charge in [0, 0.05) is 12.7 Å². The summed E-state index contributed by atoms with van der Waals surface area (Å²) in [6.07, 6.45) is 8.69. The molecule has 5 nitrogen and oxygen atoms in total. The normalized spacial score (nSPS) is 24.1. The van der Waals surface area contributed by atoms with Crippen LogP contribution in [0, 0.1) is 0 Å². The van der Waals surface area contributed by atoms with Crippen molar-refractivity contribution in [1.29, 1.82) is 0 Å². The van der Waals surface area contributed by atoms with Crippen molar-refractivity contribution in [2.45, 2.75) is 71.1 Å². The summed E-state index contributed by atoms with van der Waals surface area (Å²) in [6, 6.07) is 0. The van der Waals surface area contributed by atoms with E-state index in [1.165, 1.54) is 0 Å². The Balaban J connectivity index is 2.28. The number of esters is 2. The molecule has 1 atom stereocenters. The molecule has 0 aliphatic carbocycles. The van der Waals surface area contributed by atoms with Crippen LogP contribution in [0.5, 0.6) is 0 Å². The van der Waals surface area contributed by atoms with Crippen molar-refractivity contribution in [3.05, 3.63) is 23.9 Å². The second kappa shape index (κ2) is 7.20. The zero-order valence-electron chi connectivity index (χ0n) is 14.5. The number of carbonyl (C=O) groups is 2. The lowest BCUT2D eigenvalue weighted by Crippen LogP contribution is -2.53. The van der Waals surface area contributed by atoms with Crippen LogP contribution in [-0.4, -0.2) is 41.1 Å². The van der Waals surface area contributed by atoms with E-state index in [9.17, 15) is 9.59 Å². The maximum atomic E-state index is 12.7. The summed E-state index contributed by atoms with van der Waals surface area (Å²) < 4.78 is 10.7. The Morgan fingerprint density at radius 3 is 2.43 bits per heavy atom. The Morgan fingerprint density at radius 2 is 1.78 bits per heavy atom. The zero-order valence-corrected chi connectivity index (χ0v) is 14.5. The Hall–Kier alpha value is -1.78. The summed E-state index contributed by atoms with van der Waals surface area (Å²) in [7, 11) is 0. The Bertz CT molecular complexity index is 521. The molecule has 2 heterocycles. The van der Waals surface area contributed by atoms with E-state index in [1.807, 2.05) is 38.7 Å². The van der Waals surface area contributed by atoms with Crippen molar-refractivity contribution in [1.82, 2.24) is 4.90 Å². The summed E-state index contributed by atoms with van der Waals surface area (Å²) in [4.78, 5) is 26.8. The first-order valence-electron chi connectivity index (χ1n) is 8.45. The largest absolute Gasteiger partial charge is 0.461 e. The quantitative estimate of drug-likeness (QED) is 0.745. The Morgan fingerprint density at radius 1 is 1.09 bits per heavy atom. The summed E-state index contributed by atoms with van der Waals surface area (Å²) in [5.41, 5.74) is -0.309. The first-order chi connectivity index (χ1) is 10.8. The summed E-state index contributed by atoms with van der Waals surface area (Å²) in [6.45, 7) is 8.07. The molecule has 1 fully saturated rings. The average Bonchev–Trinajstić information content (AvgIpc) is 2.68. The highest BCUT2D eigenvalue weighted by molar-refractivity contribution is 5.93. The second-order valence-electron chi connectivity index (χ2n) is 6.75. The highest BCUT2D eigenvalue weighted by atomic mass is 16.5. The van der Waals surface area contributed by atoms with Crippen LogP contribution in [0.3, 0.4) is 0 Å². The van der Waals surface area contributed by atoms with Crippen LogP contribution in [0.25, 0.3) is 0 Å². The lowest BCUT2D eigenvalue weighted by molar-refractivity contribution is -0.158. The van der Waals surface area contributed by atoms with Crippen molar-refractivity contribution in [3.8, 4) is 0 Å². The van der Waals surface area contributed by atoms with Gasteiger partial charge in [-0.1, -0.05) is 12.8 Å². The van der Waals surface area contributed by atoms with E-state index in [0.29, 0.717) is 12.0 Å². The summed E-state index contributed by atoms with van der Waals surface area (Å²) in [5, 5.41) is 0. The molecule has 0 bridgehead atoms. The third-order valence-electron chi connectivity index (χ3n) is 4.08. The molecule has 128 valence electrons. The Kier molecular flexibility index (Phi) is 5.50. The van der Waals surface area contributed by atoms with Gasteiger partial charge in [0.1, 0.15) is 0 Å². The molecule has 0 N–H and O–H groups in total. The Labute approximate surface area is 138 Å². The molecule has 0 aromatic rings. The molecule has 0 amide bonds.